The number of hydrazine groups is 1. The molecule has 0 aliphatic heterocycles. The Kier molecular flexibility index (Phi) is 4.79. The predicted molar refractivity (Wildman–Crippen MR) is 97.0 cm³/mol. The monoisotopic (exact) mass is 350 g/mol. The molecule has 0 radical (unpaired) electrons. The SMILES string of the molecule is CCc1ccc(C(=O)NNC(=O)c2cnc3ccc(C)cn3c2=O)cc1. The summed E-state index contributed by atoms with van der Waals surface area (Å²) in [5.74, 6) is -1.19. The molecule has 1 aromatic carbocycles. The molecular weight excluding hydrogens is 332 g/mol. The molecule has 0 aliphatic carbocycles. The molecule has 7 heteroatoms. The van der Waals surface area contributed by atoms with Gasteiger partial charge in [-0.1, -0.05) is 25.1 Å². The van der Waals surface area contributed by atoms with Crippen molar-refractivity contribution < 1.29 is 9.59 Å². The summed E-state index contributed by atoms with van der Waals surface area (Å²) in [4.78, 5) is 40.9. The van der Waals surface area contributed by atoms with E-state index in [1.54, 1.807) is 24.4 Å². The quantitative estimate of drug-likeness (QED) is 0.703. The zero-order chi connectivity index (χ0) is 18.7. The molecule has 3 aromatic rings. The maximum atomic E-state index is 12.5. The highest BCUT2D eigenvalue weighted by atomic mass is 16.2. The Bertz CT molecular complexity index is 1040. The summed E-state index contributed by atoms with van der Waals surface area (Å²) >= 11 is 0. The number of carbonyl (C=O) groups is 2. The summed E-state index contributed by atoms with van der Waals surface area (Å²) in [5.41, 5.74) is 6.72. The molecule has 0 bridgehead atoms. The van der Waals surface area contributed by atoms with E-state index in [-0.39, 0.29) is 5.56 Å². The summed E-state index contributed by atoms with van der Waals surface area (Å²) in [6.45, 7) is 3.86. The van der Waals surface area contributed by atoms with E-state index >= 15 is 0 Å². The molecule has 0 unspecified atom stereocenters. The number of amides is 2. The fraction of sp³-hybridized carbons (Fsp3) is 0.158. The number of hydrogen-bond acceptors (Lipinski definition) is 4. The van der Waals surface area contributed by atoms with Crippen molar-refractivity contribution in [3.05, 3.63) is 81.4 Å². The van der Waals surface area contributed by atoms with Gasteiger partial charge in [0.2, 0.25) is 0 Å². The number of rotatable bonds is 3. The van der Waals surface area contributed by atoms with Gasteiger partial charge in [-0.3, -0.25) is 29.6 Å². The van der Waals surface area contributed by atoms with Gasteiger partial charge in [-0.15, -0.1) is 0 Å². The molecule has 0 spiro atoms. The molecule has 26 heavy (non-hydrogen) atoms. The summed E-state index contributed by atoms with van der Waals surface area (Å²) < 4.78 is 1.30. The van der Waals surface area contributed by atoms with Crippen molar-refractivity contribution in [3.8, 4) is 0 Å². The lowest BCUT2D eigenvalue weighted by molar-refractivity contribution is 0.0845. The van der Waals surface area contributed by atoms with Crippen molar-refractivity contribution in [3.63, 3.8) is 0 Å². The van der Waals surface area contributed by atoms with Crippen molar-refractivity contribution in [1.29, 1.82) is 0 Å². The molecule has 132 valence electrons. The number of nitrogens with zero attached hydrogens (tertiary/aromatic N) is 2. The van der Waals surface area contributed by atoms with E-state index in [1.165, 1.54) is 10.6 Å². The fourth-order valence-corrected chi connectivity index (χ4v) is 2.48. The minimum Gasteiger partial charge on any atom is -0.268 e. The smallest absolute Gasteiger partial charge is 0.268 e. The van der Waals surface area contributed by atoms with Crippen molar-refractivity contribution in [2.24, 2.45) is 0 Å². The standard InChI is InChI=1S/C19H18N4O3/c1-3-13-5-7-14(8-6-13)17(24)21-22-18(25)15-10-20-16-9-4-12(2)11-23(16)19(15)26/h4-11H,3H2,1-2H3,(H,21,24)(H,22,25). The van der Waals surface area contributed by atoms with Crippen LogP contribution in [-0.2, 0) is 6.42 Å². The average molecular weight is 350 g/mol. The first-order valence-electron chi connectivity index (χ1n) is 8.17. The number of nitrogens with one attached hydrogen (secondary N) is 2. The highest BCUT2D eigenvalue weighted by Gasteiger charge is 2.14. The molecule has 2 N–H and O–H groups in total. The van der Waals surface area contributed by atoms with Gasteiger partial charge in [0.15, 0.2) is 0 Å². The Hall–Kier alpha value is -3.48. The van der Waals surface area contributed by atoms with Crippen LogP contribution in [0, 0.1) is 6.92 Å². The number of benzene rings is 1. The molecule has 7 nitrogen and oxygen atoms in total. The van der Waals surface area contributed by atoms with Crippen LogP contribution in [0.5, 0.6) is 0 Å². The number of hydrogen-bond donors (Lipinski definition) is 2. The summed E-state index contributed by atoms with van der Waals surface area (Å²) in [5, 5.41) is 0. The summed E-state index contributed by atoms with van der Waals surface area (Å²) in [6, 6.07) is 10.6. The Morgan fingerprint density at radius 3 is 2.42 bits per heavy atom. The number of carbonyl (C=O) groups excluding carboxylic acids is 2. The lowest BCUT2D eigenvalue weighted by Gasteiger charge is -2.08. The van der Waals surface area contributed by atoms with Crippen LogP contribution in [0.15, 0.2) is 53.6 Å². The molecule has 2 amide bonds. The van der Waals surface area contributed by atoms with E-state index in [0.717, 1.165) is 17.5 Å². The van der Waals surface area contributed by atoms with Crippen LogP contribution in [0.2, 0.25) is 0 Å². The van der Waals surface area contributed by atoms with Gasteiger partial charge in [0.25, 0.3) is 17.4 Å². The van der Waals surface area contributed by atoms with Gasteiger partial charge in [-0.2, -0.15) is 0 Å². The number of aromatic nitrogens is 2. The van der Waals surface area contributed by atoms with Crippen LogP contribution in [0.4, 0.5) is 0 Å². The van der Waals surface area contributed by atoms with Gasteiger partial charge in [-0.25, -0.2) is 4.98 Å². The van der Waals surface area contributed by atoms with E-state index in [4.69, 9.17) is 0 Å². The molecule has 0 saturated heterocycles. The van der Waals surface area contributed by atoms with Crippen LogP contribution >= 0.6 is 0 Å². The first-order valence-corrected chi connectivity index (χ1v) is 8.17. The second-order valence-corrected chi connectivity index (χ2v) is 5.87. The second kappa shape index (κ2) is 7.18. The third kappa shape index (κ3) is 3.46. The van der Waals surface area contributed by atoms with E-state index in [2.05, 4.69) is 15.8 Å². The Labute approximate surface area is 149 Å². The van der Waals surface area contributed by atoms with E-state index in [0.29, 0.717) is 11.2 Å². The molecule has 2 heterocycles. The van der Waals surface area contributed by atoms with Crippen molar-refractivity contribution in [1.82, 2.24) is 20.2 Å². The van der Waals surface area contributed by atoms with Gasteiger partial charge in [-0.05, 0) is 42.7 Å². The van der Waals surface area contributed by atoms with Crippen LogP contribution in [0.1, 0.15) is 38.8 Å². The minimum absolute atomic E-state index is 0.158. The van der Waals surface area contributed by atoms with Crippen LogP contribution in [-0.4, -0.2) is 21.2 Å². The van der Waals surface area contributed by atoms with E-state index in [9.17, 15) is 14.4 Å². The lowest BCUT2D eigenvalue weighted by atomic mass is 10.1. The number of pyridine rings is 1. The molecule has 0 saturated carbocycles. The van der Waals surface area contributed by atoms with Crippen molar-refractivity contribution in [2.45, 2.75) is 20.3 Å². The molecule has 0 fully saturated rings. The molecule has 2 aromatic heterocycles. The summed E-state index contributed by atoms with van der Waals surface area (Å²) in [7, 11) is 0. The largest absolute Gasteiger partial charge is 0.276 e. The third-order valence-electron chi connectivity index (χ3n) is 4.01. The van der Waals surface area contributed by atoms with Gasteiger partial charge in [0, 0.05) is 18.0 Å². The maximum Gasteiger partial charge on any atom is 0.276 e. The average Bonchev–Trinajstić information content (AvgIpc) is 2.66. The van der Waals surface area contributed by atoms with E-state index < -0.39 is 17.4 Å². The maximum absolute atomic E-state index is 12.5. The highest BCUT2D eigenvalue weighted by Crippen LogP contribution is 2.05. The number of aryl methyl sites for hydroxylation is 2. The Balaban J connectivity index is 1.75. The van der Waals surface area contributed by atoms with Crippen LogP contribution < -0.4 is 16.4 Å². The van der Waals surface area contributed by atoms with Gasteiger partial charge in [0.05, 0.1) is 0 Å². The summed E-state index contributed by atoms with van der Waals surface area (Å²) in [6.07, 6.45) is 3.68. The van der Waals surface area contributed by atoms with Crippen LogP contribution in [0.3, 0.4) is 0 Å². The third-order valence-corrected chi connectivity index (χ3v) is 4.01. The minimum atomic E-state index is -0.725. The topological polar surface area (TPSA) is 92.6 Å². The first kappa shape index (κ1) is 17.3. The normalized spacial score (nSPS) is 10.5. The van der Waals surface area contributed by atoms with Gasteiger partial charge in [0.1, 0.15) is 11.2 Å². The lowest BCUT2D eigenvalue weighted by Crippen LogP contribution is -2.43. The fourth-order valence-electron chi connectivity index (χ4n) is 2.48. The van der Waals surface area contributed by atoms with Crippen molar-refractivity contribution >= 4 is 17.5 Å². The van der Waals surface area contributed by atoms with Gasteiger partial charge >= 0.3 is 0 Å². The first-order chi connectivity index (χ1) is 12.5. The van der Waals surface area contributed by atoms with Gasteiger partial charge < -0.3 is 0 Å². The highest BCUT2D eigenvalue weighted by molar-refractivity contribution is 5.98. The van der Waals surface area contributed by atoms with Crippen LogP contribution in [0.25, 0.3) is 5.65 Å². The predicted octanol–water partition coefficient (Wildman–Crippen LogP) is 1.64. The zero-order valence-corrected chi connectivity index (χ0v) is 14.4. The molecule has 0 atom stereocenters. The van der Waals surface area contributed by atoms with Crippen molar-refractivity contribution in [2.75, 3.05) is 0 Å². The van der Waals surface area contributed by atoms with E-state index in [1.807, 2.05) is 32.0 Å². The molecule has 3 rings (SSSR count). The Morgan fingerprint density at radius 1 is 1.04 bits per heavy atom. The second-order valence-electron chi connectivity index (χ2n) is 5.87. The number of fused-ring (bicyclic) bond motifs is 1. The Morgan fingerprint density at radius 2 is 1.73 bits per heavy atom. The zero-order valence-electron chi connectivity index (χ0n) is 14.4. The molecular formula is C19H18N4O3. The molecule has 0 aliphatic rings.